The van der Waals surface area contributed by atoms with E-state index in [4.69, 9.17) is 9.84 Å². The Balaban J connectivity index is 2.33. The van der Waals surface area contributed by atoms with Gasteiger partial charge in [0.2, 0.25) is 5.43 Å². The molecule has 1 saturated heterocycles. The highest BCUT2D eigenvalue weighted by atomic mass is 16.5. The average molecular weight is 260 g/mol. The number of aromatic carboxylic acids is 1. The highest BCUT2D eigenvalue weighted by molar-refractivity contribution is 5.91. The van der Waals surface area contributed by atoms with Gasteiger partial charge in [-0.1, -0.05) is 0 Å². The van der Waals surface area contributed by atoms with Crippen LogP contribution in [0.5, 0.6) is 0 Å². The molecule has 1 N–H and O–H groups in total. The molecule has 2 aromatic heterocycles. The van der Waals surface area contributed by atoms with E-state index in [-0.39, 0.29) is 11.6 Å². The van der Waals surface area contributed by atoms with Crippen molar-refractivity contribution in [3.05, 3.63) is 40.3 Å². The molecule has 98 valence electrons. The van der Waals surface area contributed by atoms with Crippen LogP contribution in [-0.4, -0.2) is 33.8 Å². The van der Waals surface area contributed by atoms with Crippen molar-refractivity contribution in [1.82, 2.24) is 9.55 Å². The van der Waals surface area contributed by atoms with Gasteiger partial charge in [-0.05, 0) is 18.6 Å². The van der Waals surface area contributed by atoms with Crippen molar-refractivity contribution < 1.29 is 14.6 Å². The molecule has 0 unspecified atom stereocenters. The summed E-state index contributed by atoms with van der Waals surface area (Å²) in [5.74, 6) is -1.22. The number of carboxylic acids is 1. The monoisotopic (exact) mass is 260 g/mol. The van der Waals surface area contributed by atoms with Crippen LogP contribution >= 0.6 is 0 Å². The second kappa shape index (κ2) is 4.47. The van der Waals surface area contributed by atoms with Crippen molar-refractivity contribution in [2.75, 3.05) is 13.2 Å². The predicted molar refractivity (Wildman–Crippen MR) is 67.4 cm³/mol. The Morgan fingerprint density at radius 1 is 1.53 bits per heavy atom. The number of ether oxygens (including phenoxy) is 1. The van der Waals surface area contributed by atoms with E-state index in [1.165, 1.54) is 6.20 Å². The summed E-state index contributed by atoms with van der Waals surface area (Å²) in [7, 11) is 0. The van der Waals surface area contributed by atoms with E-state index in [1.807, 2.05) is 0 Å². The van der Waals surface area contributed by atoms with E-state index in [9.17, 15) is 9.59 Å². The third kappa shape index (κ3) is 1.90. The number of carbonyl (C=O) groups is 1. The molecule has 6 heteroatoms. The maximum Gasteiger partial charge on any atom is 0.341 e. The Hall–Kier alpha value is -2.21. The first-order valence-corrected chi connectivity index (χ1v) is 5.99. The second-order valence-corrected chi connectivity index (χ2v) is 4.48. The van der Waals surface area contributed by atoms with Crippen molar-refractivity contribution in [3.8, 4) is 0 Å². The lowest BCUT2D eigenvalue weighted by molar-refractivity contribution is 0.0694. The highest BCUT2D eigenvalue weighted by Crippen LogP contribution is 2.22. The maximum absolute atomic E-state index is 12.1. The van der Waals surface area contributed by atoms with Crippen LogP contribution in [0.3, 0.4) is 0 Å². The zero-order valence-electron chi connectivity index (χ0n) is 10.1. The molecule has 0 saturated carbocycles. The molecule has 0 spiro atoms. The zero-order chi connectivity index (χ0) is 13.4. The van der Waals surface area contributed by atoms with Gasteiger partial charge in [0.25, 0.3) is 0 Å². The molecule has 1 atom stereocenters. The topological polar surface area (TPSA) is 81.4 Å². The van der Waals surface area contributed by atoms with Gasteiger partial charge in [0.1, 0.15) is 11.2 Å². The Bertz CT molecular complexity index is 701. The number of rotatable bonds is 2. The molecule has 0 amide bonds. The van der Waals surface area contributed by atoms with Crippen LogP contribution in [-0.2, 0) is 4.74 Å². The molecule has 0 radical (unpaired) electrons. The number of hydrogen-bond acceptors (Lipinski definition) is 4. The summed E-state index contributed by atoms with van der Waals surface area (Å²) in [5.41, 5.74) is -0.217. The van der Waals surface area contributed by atoms with Crippen molar-refractivity contribution in [2.45, 2.75) is 12.5 Å². The largest absolute Gasteiger partial charge is 0.477 e. The first-order chi connectivity index (χ1) is 9.18. The van der Waals surface area contributed by atoms with Crippen LogP contribution in [0.4, 0.5) is 0 Å². The molecule has 3 rings (SSSR count). The zero-order valence-corrected chi connectivity index (χ0v) is 10.1. The van der Waals surface area contributed by atoms with E-state index in [1.54, 1.807) is 22.9 Å². The molecule has 19 heavy (non-hydrogen) atoms. The molecule has 1 aliphatic rings. The number of hydrogen-bond donors (Lipinski definition) is 1. The lowest BCUT2D eigenvalue weighted by atomic mass is 10.1. The lowest BCUT2D eigenvalue weighted by Crippen LogP contribution is -2.22. The van der Waals surface area contributed by atoms with Gasteiger partial charge in [-0.15, -0.1) is 0 Å². The normalized spacial score (nSPS) is 18.8. The summed E-state index contributed by atoms with van der Waals surface area (Å²) >= 11 is 0. The molecular weight excluding hydrogens is 248 g/mol. The third-order valence-corrected chi connectivity index (χ3v) is 3.32. The fourth-order valence-corrected chi connectivity index (χ4v) is 2.36. The molecule has 0 aromatic carbocycles. The Labute approximate surface area is 108 Å². The van der Waals surface area contributed by atoms with Gasteiger partial charge in [-0.25, -0.2) is 9.78 Å². The van der Waals surface area contributed by atoms with Crippen molar-refractivity contribution in [2.24, 2.45) is 0 Å². The minimum Gasteiger partial charge on any atom is -0.477 e. The van der Waals surface area contributed by atoms with E-state index in [0.717, 1.165) is 6.42 Å². The summed E-state index contributed by atoms with van der Waals surface area (Å²) in [4.78, 5) is 27.4. The van der Waals surface area contributed by atoms with Crippen LogP contribution in [0.2, 0.25) is 0 Å². The van der Waals surface area contributed by atoms with Gasteiger partial charge < -0.3 is 14.4 Å². The van der Waals surface area contributed by atoms with E-state index < -0.39 is 11.4 Å². The van der Waals surface area contributed by atoms with Gasteiger partial charge in [-0.3, -0.25) is 4.79 Å². The van der Waals surface area contributed by atoms with Crippen LogP contribution in [0.25, 0.3) is 11.0 Å². The van der Waals surface area contributed by atoms with Crippen molar-refractivity contribution in [1.29, 1.82) is 0 Å². The molecular formula is C13H12N2O4. The summed E-state index contributed by atoms with van der Waals surface area (Å²) in [5, 5.41) is 9.46. The maximum atomic E-state index is 12.1. The number of nitrogens with zero attached hydrogens (tertiary/aromatic N) is 2. The average Bonchev–Trinajstić information content (AvgIpc) is 2.93. The van der Waals surface area contributed by atoms with Crippen LogP contribution < -0.4 is 5.43 Å². The van der Waals surface area contributed by atoms with Crippen molar-refractivity contribution in [3.63, 3.8) is 0 Å². The second-order valence-electron chi connectivity index (χ2n) is 4.48. The van der Waals surface area contributed by atoms with E-state index in [2.05, 4.69) is 4.98 Å². The van der Waals surface area contributed by atoms with Gasteiger partial charge in [0.05, 0.1) is 18.0 Å². The quantitative estimate of drug-likeness (QED) is 0.873. The fourth-order valence-electron chi connectivity index (χ4n) is 2.36. The summed E-state index contributed by atoms with van der Waals surface area (Å²) in [6.07, 6.45) is 3.75. The third-order valence-electron chi connectivity index (χ3n) is 3.32. The molecule has 6 nitrogen and oxygen atoms in total. The van der Waals surface area contributed by atoms with Gasteiger partial charge >= 0.3 is 5.97 Å². The fraction of sp³-hybridized carbons (Fsp3) is 0.308. The molecule has 1 fully saturated rings. The number of pyridine rings is 2. The van der Waals surface area contributed by atoms with Crippen LogP contribution in [0.15, 0.2) is 29.3 Å². The molecule has 0 aliphatic carbocycles. The van der Waals surface area contributed by atoms with Crippen LogP contribution in [0.1, 0.15) is 22.8 Å². The summed E-state index contributed by atoms with van der Waals surface area (Å²) < 4.78 is 7.06. The van der Waals surface area contributed by atoms with Crippen molar-refractivity contribution >= 4 is 17.0 Å². The summed E-state index contributed by atoms with van der Waals surface area (Å²) in [6, 6.07) is 3.25. The first kappa shape index (κ1) is 11.9. The van der Waals surface area contributed by atoms with E-state index >= 15 is 0 Å². The Morgan fingerprint density at radius 2 is 2.37 bits per heavy atom. The molecule has 3 heterocycles. The predicted octanol–water partition coefficient (Wildman–Crippen LogP) is 1.06. The van der Waals surface area contributed by atoms with Gasteiger partial charge in [0.15, 0.2) is 0 Å². The lowest BCUT2D eigenvalue weighted by Gasteiger charge is -2.16. The SMILES string of the molecule is O=C(O)c1cn([C@@H]2CCOC2)c2ncccc2c1=O. The Morgan fingerprint density at radius 3 is 3.05 bits per heavy atom. The minimum atomic E-state index is -1.22. The standard InChI is InChI=1S/C13H12N2O4/c16-11-9-2-1-4-14-12(9)15(6-10(11)13(17)18)8-3-5-19-7-8/h1-2,4,6,8H,3,5,7H2,(H,17,18)/t8-/m1/s1. The minimum absolute atomic E-state index is 0.0242. The summed E-state index contributed by atoms with van der Waals surface area (Å²) in [6.45, 7) is 1.14. The molecule has 0 bridgehead atoms. The molecule has 2 aromatic rings. The highest BCUT2D eigenvalue weighted by Gasteiger charge is 2.22. The smallest absolute Gasteiger partial charge is 0.341 e. The number of fused-ring (bicyclic) bond motifs is 1. The number of aromatic nitrogens is 2. The molecule has 1 aliphatic heterocycles. The number of carboxylic acid groups (broad SMARTS) is 1. The van der Waals surface area contributed by atoms with E-state index in [0.29, 0.717) is 24.2 Å². The van der Waals surface area contributed by atoms with Gasteiger partial charge in [-0.2, -0.15) is 0 Å². The van der Waals surface area contributed by atoms with Crippen LogP contribution in [0, 0.1) is 0 Å². The first-order valence-electron chi connectivity index (χ1n) is 5.99. The Kier molecular flexibility index (Phi) is 2.79. The van der Waals surface area contributed by atoms with Gasteiger partial charge in [0, 0.05) is 19.0 Å².